The van der Waals surface area contributed by atoms with Crippen molar-refractivity contribution in [2.75, 3.05) is 44.2 Å². The molecule has 0 atom stereocenters. The Morgan fingerprint density at radius 1 is 1.28 bits per heavy atom. The number of amides is 1. The molecule has 138 valence electrons. The van der Waals surface area contributed by atoms with E-state index in [1.54, 1.807) is 11.0 Å². The van der Waals surface area contributed by atoms with Crippen LogP contribution in [0.5, 0.6) is 5.75 Å². The zero-order chi connectivity index (χ0) is 18.2. The average Bonchev–Trinajstić information content (AvgIpc) is 2.58. The first-order valence-electron chi connectivity index (χ1n) is 9.08. The van der Waals surface area contributed by atoms with Crippen LogP contribution in [0.3, 0.4) is 0 Å². The van der Waals surface area contributed by atoms with Crippen LogP contribution < -0.4 is 15.0 Å². The van der Waals surface area contributed by atoms with Gasteiger partial charge in [0.2, 0.25) is 5.91 Å². The van der Waals surface area contributed by atoms with Gasteiger partial charge in [0.25, 0.3) is 0 Å². The molecule has 0 fully saturated rings. The Balaban J connectivity index is 1.79. The summed E-state index contributed by atoms with van der Waals surface area (Å²) in [6.07, 6.45) is 2.03. The number of unbranched alkanes of at least 4 members (excludes halogenated alkanes) is 1. The van der Waals surface area contributed by atoms with Crippen LogP contribution in [-0.4, -0.2) is 56.0 Å². The Labute approximate surface area is 150 Å². The summed E-state index contributed by atoms with van der Waals surface area (Å²) in [5, 5.41) is 2.95. The van der Waals surface area contributed by atoms with Crippen LogP contribution in [0.15, 0.2) is 18.2 Å². The van der Waals surface area contributed by atoms with Crippen LogP contribution >= 0.6 is 0 Å². The van der Waals surface area contributed by atoms with Crippen LogP contribution in [0.1, 0.15) is 32.3 Å². The van der Waals surface area contributed by atoms with Gasteiger partial charge in [-0.25, -0.2) is 4.79 Å². The maximum Gasteiger partial charge on any atom is 0.331 e. The monoisotopic (exact) mass is 347 g/mol. The minimum absolute atomic E-state index is 0.0648. The first-order valence-corrected chi connectivity index (χ1v) is 9.08. The molecule has 0 saturated heterocycles. The number of hydrogen-bond acceptors (Lipinski definition) is 5. The van der Waals surface area contributed by atoms with E-state index in [0.29, 0.717) is 12.3 Å². The molecule has 0 unspecified atom stereocenters. The second-order valence-corrected chi connectivity index (χ2v) is 6.39. The lowest BCUT2D eigenvalue weighted by atomic mass is 10.1. The van der Waals surface area contributed by atoms with E-state index in [9.17, 15) is 9.59 Å². The number of ether oxygens (including phenoxy) is 1. The van der Waals surface area contributed by atoms with E-state index in [0.717, 1.165) is 43.7 Å². The van der Waals surface area contributed by atoms with Crippen LogP contribution in [-0.2, 0) is 9.59 Å². The number of rotatable bonds is 9. The van der Waals surface area contributed by atoms with Gasteiger partial charge in [-0.15, -0.1) is 0 Å². The predicted octanol–water partition coefficient (Wildman–Crippen LogP) is 1.96. The standard InChI is InChI=1S/C19H29N3O3/c1-4-21(5-2)11-7-6-10-20-18(23)13-22-14-19(24)25-17-9-8-15(3)12-16(17)22/h8-9,12H,4-7,10-11,13-14H2,1-3H3,(H,20,23). The van der Waals surface area contributed by atoms with Crippen molar-refractivity contribution in [1.29, 1.82) is 0 Å². The van der Waals surface area contributed by atoms with Crippen LogP contribution in [0.25, 0.3) is 0 Å². The number of benzene rings is 1. The molecule has 0 aromatic heterocycles. The van der Waals surface area contributed by atoms with E-state index >= 15 is 0 Å². The maximum absolute atomic E-state index is 12.2. The highest BCUT2D eigenvalue weighted by molar-refractivity contribution is 5.89. The first kappa shape index (κ1) is 19.2. The fourth-order valence-electron chi connectivity index (χ4n) is 2.96. The summed E-state index contributed by atoms with van der Waals surface area (Å²) < 4.78 is 5.24. The third-order valence-electron chi connectivity index (χ3n) is 4.45. The largest absolute Gasteiger partial charge is 0.423 e. The molecular weight excluding hydrogens is 318 g/mol. The summed E-state index contributed by atoms with van der Waals surface area (Å²) in [6, 6.07) is 5.62. The van der Waals surface area contributed by atoms with E-state index in [2.05, 4.69) is 24.1 Å². The van der Waals surface area contributed by atoms with Gasteiger partial charge in [0.15, 0.2) is 5.75 Å². The summed E-state index contributed by atoms with van der Waals surface area (Å²) >= 11 is 0. The number of aryl methyl sites for hydroxylation is 1. The first-order chi connectivity index (χ1) is 12.0. The summed E-state index contributed by atoms with van der Waals surface area (Å²) in [5.74, 6) is 0.127. The van der Waals surface area contributed by atoms with Crippen molar-refractivity contribution in [2.45, 2.75) is 33.6 Å². The topological polar surface area (TPSA) is 61.9 Å². The molecule has 1 heterocycles. The zero-order valence-corrected chi connectivity index (χ0v) is 15.5. The fraction of sp³-hybridized carbons (Fsp3) is 0.579. The number of fused-ring (bicyclic) bond motifs is 1. The second kappa shape index (κ2) is 9.42. The summed E-state index contributed by atoms with van der Waals surface area (Å²) in [7, 11) is 0. The Kier molecular flexibility index (Phi) is 7.25. The highest BCUT2D eigenvalue weighted by Gasteiger charge is 2.25. The lowest BCUT2D eigenvalue weighted by molar-refractivity contribution is -0.133. The summed E-state index contributed by atoms with van der Waals surface area (Å²) in [5.41, 5.74) is 1.87. The van der Waals surface area contributed by atoms with Crippen molar-refractivity contribution >= 4 is 17.6 Å². The van der Waals surface area contributed by atoms with Crippen molar-refractivity contribution in [2.24, 2.45) is 0 Å². The molecule has 0 radical (unpaired) electrons. The number of carbonyl (C=O) groups excluding carboxylic acids is 2. The minimum Gasteiger partial charge on any atom is -0.423 e. The van der Waals surface area contributed by atoms with Gasteiger partial charge in [-0.1, -0.05) is 19.9 Å². The van der Waals surface area contributed by atoms with E-state index in [-0.39, 0.29) is 25.0 Å². The van der Waals surface area contributed by atoms with Crippen molar-refractivity contribution in [3.8, 4) is 5.75 Å². The van der Waals surface area contributed by atoms with E-state index in [1.165, 1.54) is 0 Å². The van der Waals surface area contributed by atoms with Gasteiger partial charge in [-0.3, -0.25) is 4.79 Å². The van der Waals surface area contributed by atoms with Crippen LogP contribution in [0.4, 0.5) is 5.69 Å². The highest BCUT2D eigenvalue weighted by atomic mass is 16.5. The number of nitrogens with zero attached hydrogens (tertiary/aromatic N) is 2. The zero-order valence-electron chi connectivity index (χ0n) is 15.5. The van der Waals surface area contributed by atoms with Gasteiger partial charge in [0.05, 0.1) is 12.2 Å². The molecule has 1 aliphatic rings. The van der Waals surface area contributed by atoms with Crippen LogP contribution in [0.2, 0.25) is 0 Å². The maximum atomic E-state index is 12.2. The normalized spacial score (nSPS) is 13.6. The van der Waals surface area contributed by atoms with E-state index < -0.39 is 0 Å². The van der Waals surface area contributed by atoms with E-state index in [4.69, 9.17) is 4.74 Å². The quantitative estimate of drug-likeness (QED) is 0.420. The van der Waals surface area contributed by atoms with Crippen molar-refractivity contribution in [1.82, 2.24) is 10.2 Å². The molecule has 1 aromatic rings. The Bertz CT molecular complexity index is 600. The van der Waals surface area contributed by atoms with Gasteiger partial charge in [0.1, 0.15) is 6.54 Å². The molecule has 1 N–H and O–H groups in total. The molecule has 1 aromatic carbocycles. The minimum atomic E-state index is -0.330. The van der Waals surface area contributed by atoms with Crippen LogP contribution in [0, 0.1) is 6.92 Å². The lowest BCUT2D eigenvalue weighted by Crippen LogP contribution is -2.43. The summed E-state index contributed by atoms with van der Waals surface area (Å²) in [6.45, 7) is 10.4. The summed E-state index contributed by atoms with van der Waals surface area (Å²) in [4.78, 5) is 28.1. The third kappa shape index (κ3) is 5.74. The lowest BCUT2D eigenvalue weighted by Gasteiger charge is -2.29. The second-order valence-electron chi connectivity index (χ2n) is 6.39. The number of carbonyl (C=O) groups is 2. The average molecular weight is 347 g/mol. The molecule has 0 aliphatic carbocycles. The molecule has 25 heavy (non-hydrogen) atoms. The molecule has 0 saturated carbocycles. The predicted molar refractivity (Wildman–Crippen MR) is 99.1 cm³/mol. The third-order valence-corrected chi connectivity index (χ3v) is 4.45. The number of esters is 1. The van der Waals surface area contributed by atoms with Gasteiger partial charge in [-0.2, -0.15) is 0 Å². The van der Waals surface area contributed by atoms with Gasteiger partial charge >= 0.3 is 5.97 Å². The van der Waals surface area contributed by atoms with Gasteiger partial charge < -0.3 is 19.9 Å². The Hall–Kier alpha value is -2.08. The van der Waals surface area contributed by atoms with Gasteiger partial charge in [0, 0.05) is 6.54 Å². The molecule has 6 nitrogen and oxygen atoms in total. The van der Waals surface area contributed by atoms with Gasteiger partial charge in [-0.05, 0) is 57.1 Å². The highest BCUT2D eigenvalue weighted by Crippen LogP contribution is 2.32. The molecule has 1 aliphatic heterocycles. The molecule has 0 spiro atoms. The number of hydrogen-bond donors (Lipinski definition) is 1. The Morgan fingerprint density at radius 2 is 2.04 bits per heavy atom. The molecule has 0 bridgehead atoms. The SMILES string of the molecule is CCN(CC)CCCCNC(=O)CN1CC(=O)Oc2ccc(C)cc21. The number of anilines is 1. The van der Waals surface area contributed by atoms with Crippen molar-refractivity contribution in [3.63, 3.8) is 0 Å². The molecule has 2 rings (SSSR count). The molecule has 6 heteroatoms. The smallest absolute Gasteiger partial charge is 0.331 e. The molecule has 1 amide bonds. The molecular formula is C19H29N3O3. The fourth-order valence-corrected chi connectivity index (χ4v) is 2.96. The van der Waals surface area contributed by atoms with Crippen molar-refractivity contribution < 1.29 is 14.3 Å². The number of nitrogens with one attached hydrogen (secondary N) is 1. The van der Waals surface area contributed by atoms with E-state index in [1.807, 2.05) is 19.1 Å². The Morgan fingerprint density at radius 3 is 2.76 bits per heavy atom. The van der Waals surface area contributed by atoms with Crippen molar-refractivity contribution in [3.05, 3.63) is 23.8 Å².